The second-order valence-corrected chi connectivity index (χ2v) is 7.98. The Balaban J connectivity index is 1.39. The minimum Gasteiger partial charge on any atom is -0.388 e. The Morgan fingerprint density at radius 3 is 2.74 bits per heavy atom. The van der Waals surface area contributed by atoms with Gasteiger partial charge in [0.1, 0.15) is 12.4 Å². The molecule has 12 heteroatoms. The standard InChI is InChI=1S/C22H21ClF2N6O3/c1-2-22(24,25)15-3-4-17(26-11-15)29-21(33)31-7-5-13(6-8-31)19-16(23)9-14(10-27-19)20-28-18(12-32)30-34-20/h3-5,9-11,32H,2,6-8,12H2,1H3,(H,26,29,33). The predicted octanol–water partition coefficient (Wildman–Crippen LogP) is 4.50. The number of halogens is 3. The molecule has 3 aromatic heterocycles. The molecule has 0 atom stereocenters. The molecule has 2 N–H and O–H groups in total. The summed E-state index contributed by atoms with van der Waals surface area (Å²) in [7, 11) is 0. The molecule has 4 rings (SSSR count). The highest BCUT2D eigenvalue weighted by Crippen LogP contribution is 2.32. The number of pyridine rings is 2. The second kappa shape index (κ2) is 9.82. The third-order valence-corrected chi connectivity index (χ3v) is 5.65. The molecule has 0 fully saturated rings. The Morgan fingerprint density at radius 1 is 1.32 bits per heavy atom. The highest BCUT2D eigenvalue weighted by atomic mass is 35.5. The number of nitrogens with zero attached hydrogens (tertiary/aromatic N) is 5. The number of aliphatic hydroxyl groups is 1. The van der Waals surface area contributed by atoms with Crippen LogP contribution in [0.5, 0.6) is 0 Å². The zero-order valence-corrected chi connectivity index (χ0v) is 18.9. The molecule has 4 heterocycles. The largest absolute Gasteiger partial charge is 0.388 e. The summed E-state index contributed by atoms with van der Waals surface area (Å²) in [5, 5.41) is 15.7. The molecule has 0 radical (unpaired) electrons. The van der Waals surface area contributed by atoms with E-state index in [0.717, 1.165) is 11.8 Å². The highest BCUT2D eigenvalue weighted by Gasteiger charge is 2.29. The molecular weight excluding hydrogens is 470 g/mol. The first-order chi connectivity index (χ1) is 16.3. The van der Waals surface area contributed by atoms with E-state index in [2.05, 4.69) is 25.4 Å². The van der Waals surface area contributed by atoms with Gasteiger partial charge in [0.2, 0.25) is 0 Å². The number of urea groups is 1. The van der Waals surface area contributed by atoms with Crippen molar-refractivity contribution in [3.8, 4) is 11.5 Å². The van der Waals surface area contributed by atoms with Gasteiger partial charge in [0.05, 0.1) is 16.3 Å². The second-order valence-electron chi connectivity index (χ2n) is 7.57. The summed E-state index contributed by atoms with van der Waals surface area (Å²) in [4.78, 5) is 26.5. The number of aliphatic hydroxyl groups excluding tert-OH is 1. The molecule has 178 valence electrons. The minimum atomic E-state index is -2.95. The number of hydrogen-bond donors (Lipinski definition) is 2. The molecule has 0 spiro atoms. The van der Waals surface area contributed by atoms with Gasteiger partial charge in [-0.15, -0.1) is 0 Å². The van der Waals surface area contributed by atoms with Gasteiger partial charge < -0.3 is 14.5 Å². The van der Waals surface area contributed by atoms with Crippen molar-refractivity contribution < 1.29 is 23.2 Å². The fourth-order valence-electron chi connectivity index (χ4n) is 3.37. The fourth-order valence-corrected chi connectivity index (χ4v) is 3.66. The lowest BCUT2D eigenvalue weighted by Crippen LogP contribution is -2.38. The number of carbonyl (C=O) groups is 1. The quantitative estimate of drug-likeness (QED) is 0.522. The van der Waals surface area contributed by atoms with Gasteiger partial charge in [0.25, 0.3) is 11.8 Å². The van der Waals surface area contributed by atoms with Crippen molar-refractivity contribution in [3.63, 3.8) is 0 Å². The van der Waals surface area contributed by atoms with Crippen LogP contribution in [0.2, 0.25) is 5.02 Å². The Labute approximate surface area is 198 Å². The molecule has 0 saturated heterocycles. The number of anilines is 1. The number of amides is 2. The molecule has 1 aliphatic heterocycles. The molecule has 3 aromatic rings. The van der Waals surface area contributed by atoms with E-state index in [9.17, 15) is 13.6 Å². The van der Waals surface area contributed by atoms with Gasteiger partial charge in [0.15, 0.2) is 5.82 Å². The van der Waals surface area contributed by atoms with Crippen molar-refractivity contribution >= 4 is 29.0 Å². The van der Waals surface area contributed by atoms with Crippen LogP contribution in [0.4, 0.5) is 19.4 Å². The van der Waals surface area contributed by atoms with E-state index in [4.69, 9.17) is 21.2 Å². The van der Waals surface area contributed by atoms with Crippen molar-refractivity contribution in [2.24, 2.45) is 0 Å². The molecular formula is C22H21ClF2N6O3. The minimum absolute atomic E-state index is 0.161. The molecule has 9 nitrogen and oxygen atoms in total. The van der Waals surface area contributed by atoms with Crippen molar-refractivity contribution in [3.05, 3.63) is 58.8 Å². The highest BCUT2D eigenvalue weighted by molar-refractivity contribution is 6.32. The lowest BCUT2D eigenvalue weighted by molar-refractivity contribution is -0.00858. The van der Waals surface area contributed by atoms with Crippen LogP contribution < -0.4 is 5.32 Å². The smallest absolute Gasteiger partial charge is 0.323 e. The Kier molecular flexibility index (Phi) is 6.85. The molecule has 0 saturated carbocycles. The molecule has 0 bridgehead atoms. The van der Waals surface area contributed by atoms with E-state index in [1.165, 1.54) is 19.1 Å². The maximum Gasteiger partial charge on any atom is 0.323 e. The Morgan fingerprint density at radius 2 is 2.15 bits per heavy atom. The van der Waals surface area contributed by atoms with Gasteiger partial charge in [-0.25, -0.2) is 18.6 Å². The summed E-state index contributed by atoms with van der Waals surface area (Å²) in [5.41, 5.74) is 1.79. The first kappa shape index (κ1) is 23.7. The average Bonchev–Trinajstić information content (AvgIpc) is 3.34. The number of aromatic nitrogens is 4. The van der Waals surface area contributed by atoms with Crippen LogP contribution in [0.25, 0.3) is 17.0 Å². The molecule has 1 aliphatic rings. The van der Waals surface area contributed by atoms with E-state index in [1.54, 1.807) is 17.2 Å². The first-order valence-electron chi connectivity index (χ1n) is 10.5. The third kappa shape index (κ3) is 5.05. The number of alkyl halides is 2. The number of rotatable bonds is 6. The van der Waals surface area contributed by atoms with E-state index in [-0.39, 0.29) is 42.2 Å². The Hall–Kier alpha value is -3.44. The first-order valence-corrected chi connectivity index (χ1v) is 10.9. The van der Waals surface area contributed by atoms with Crippen molar-refractivity contribution in [2.75, 3.05) is 18.4 Å². The van der Waals surface area contributed by atoms with Gasteiger partial charge in [-0.3, -0.25) is 10.3 Å². The van der Waals surface area contributed by atoms with Crippen LogP contribution in [0.1, 0.15) is 36.8 Å². The number of carbonyl (C=O) groups excluding carboxylic acids is 1. The van der Waals surface area contributed by atoms with Gasteiger partial charge in [-0.2, -0.15) is 4.98 Å². The van der Waals surface area contributed by atoms with Gasteiger partial charge >= 0.3 is 6.03 Å². The normalized spacial score (nSPS) is 14.1. The van der Waals surface area contributed by atoms with Gasteiger partial charge in [0, 0.05) is 37.5 Å². The van der Waals surface area contributed by atoms with Crippen LogP contribution in [-0.2, 0) is 12.5 Å². The number of hydrogen-bond acceptors (Lipinski definition) is 7. The summed E-state index contributed by atoms with van der Waals surface area (Å²) in [6.07, 6.45) is 4.67. The maximum atomic E-state index is 13.7. The maximum absolute atomic E-state index is 13.7. The lowest BCUT2D eigenvalue weighted by Gasteiger charge is -2.26. The summed E-state index contributed by atoms with van der Waals surface area (Å²) < 4.78 is 32.5. The van der Waals surface area contributed by atoms with Crippen molar-refractivity contribution in [1.82, 2.24) is 25.0 Å². The summed E-state index contributed by atoms with van der Waals surface area (Å²) in [5.74, 6) is -2.40. The summed E-state index contributed by atoms with van der Waals surface area (Å²) in [6, 6.07) is 3.88. The Bertz CT molecular complexity index is 1220. The van der Waals surface area contributed by atoms with E-state index in [0.29, 0.717) is 35.8 Å². The zero-order chi connectivity index (χ0) is 24.3. The van der Waals surface area contributed by atoms with Crippen LogP contribution in [-0.4, -0.2) is 49.2 Å². The summed E-state index contributed by atoms with van der Waals surface area (Å²) >= 11 is 6.42. The van der Waals surface area contributed by atoms with Crippen LogP contribution in [0.3, 0.4) is 0 Å². The monoisotopic (exact) mass is 490 g/mol. The molecule has 2 amide bonds. The van der Waals surface area contributed by atoms with E-state index >= 15 is 0 Å². The summed E-state index contributed by atoms with van der Waals surface area (Å²) in [6.45, 7) is 1.78. The van der Waals surface area contributed by atoms with E-state index < -0.39 is 5.92 Å². The fraction of sp³-hybridized carbons (Fsp3) is 0.318. The van der Waals surface area contributed by atoms with Gasteiger partial charge in [-0.1, -0.05) is 29.8 Å². The third-order valence-electron chi connectivity index (χ3n) is 5.36. The number of nitrogens with one attached hydrogen (secondary N) is 1. The SMILES string of the molecule is CCC(F)(F)c1ccc(NC(=O)N2CC=C(c3ncc(-c4nc(CO)no4)cc3Cl)CC2)nc1. The van der Waals surface area contributed by atoms with E-state index in [1.807, 2.05) is 6.08 Å². The molecule has 0 aromatic carbocycles. The van der Waals surface area contributed by atoms with Crippen LogP contribution in [0.15, 0.2) is 41.2 Å². The topological polar surface area (TPSA) is 117 Å². The van der Waals surface area contributed by atoms with Crippen LogP contribution in [0, 0.1) is 0 Å². The predicted molar refractivity (Wildman–Crippen MR) is 120 cm³/mol. The molecule has 0 aliphatic carbocycles. The zero-order valence-electron chi connectivity index (χ0n) is 18.1. The van der Waals surface area contributed by atoms with Crippen LogP contribution >= 0.6 is 11.6 Å². The van der Waals surface area contributed by atoms with Crippen molar-refractivity contribution in [2.45, 2.75) is 32.3 Å². The molecule has 34 heavy (non-hydrogen) atoms. The van der Waals surface area contributed by atoms with Crippen molar-refractivity contribution in [1.29, 1.82) is 0 Å². The lowest BCUT2D eigenvalue weighted by atomic mass is 10.0. The average molecular weight is 491 g/mol. The van der Waals surface area contributed by atoms with Gasteiger partial charge in [-0.05, 0) is 30.2 Å². The molecule has 0 unspecified atom stereocenters.